The number of furan rings is 1. The largest absolute Gasteiger partial charge is 0.508 e. The minimum absolute atomic E-state index is 0.0585. The Morgan fingerprint density at radius 3 is 2.62 bits per heavy atom. The standard InChI is InChI=1S/C17H12ClNO5/c1-8-11-6-9(18)2-5-14(11)24-15(8)16(21)19-13-4-3-10(20)7-12(13)17(22)23/h2-7,20H,1H3,(H,19,21)(H,22,23). The molecule has 7 heteroatoms. The van der Waals surface area contributed by atoms with Crippen LogP contribution in [0.15, 0.2) is 40.8 Å². The van der Waals surface area contributed by atoms with Crippen LogP contribution in [0.4, 0.5) is 5.69 Å². The van der Waals surface area contributed by atoms with Crippen molar-refractivity contribution in [2.45, 2.75) is 6.92 Å². The molecular weight excluding hydrogens is 334 g/mol. The summed E-state index contributed by atoms with van der Waals surface area (Å²) in [5.74, 6) is -2.00. The Labute approximate surface area is 141 Å². The quantitative estimate of drug-likeness (QED) is 0.622. The molecule has 0 saturated carbocycles. The topological polar surface area (TPSA) is 99.8 Å². The number of benzene rings is 2. The van der Waals surface area contributed by atoms with E-state index in [0.717, 1.165) is 6.07 Å². The molecule has 2 aromatic carbocycles. The number of fused-ring (bicyclic) bond motifs is 1. The summed E-state index contributed by atoms with van der Waals surface area (Å²) in [6.07, 6.45) is 0. The highest BCUT2D eigenvalue weighted by Crippen LogP contribution is 2.29. The normalized spacial score (nSPS) is 10.8. The summed E-state index contributed by atoms with van der Waals surface area (Å²) >= 11 is 5.95. The van der Waals surface area contributed by atoms with Gasteiger partial charge in [0, 0.05) is 16.0 Å². The zero-order chi connectivity index (χ0) is 17.4. The first kappa shape index (κ1) is 15.9. The van der Waals surface area contributed by atoms with Crippen LogP contribution in [0.3, 0.4) is 0 Å². The maximum Gasteiger partial charge on any atom is 0.337 e. The van der Waals surface area contributed by atoms with E-state index in [1.165, 1.54) is 12.1 Å². The average Bonchev–Trinajstić information content (AvgIpc) is 2.85. The van der Waals surface area contributed by atoms with Crippen molar-refractivity contribution in [3.63, 3.8) is 0 Å². The van der Waals surface area contributed by atoms with Gasteiger partial charge >= 0.3 is 5.97 Å². The Hall–Kier alpha value is -2.99. The monoisotopic (exact) mass is 345 g/mol. The third kappa shape index (κ3) is 2.79. The van der Waals surface area contributed by atoms with Gasteiger partial charge in [0.2, 0.25) is 0 Å². The minimum Gasteiger partial charge on any atom is -0.508 e. The molecule has 24 heavy (non-hydrogen) atoms. The van der Waals surface area contributed by atoms with Crippen molar-refractivity contribution in [1.82, 2.24) is 0 Å². The van der Waals surface area contributed by atoms with Gasteiger partial charge in [-0.25, -0.2) is 4.79 Å². The van der Waals surface area contributed by atoms with Crippen molar-refractivity contribution >= 4 is 40.1 Å². The number of hydrogen-bond donors (Lipinski definition) is 3. The lowest BCUT2D eigenvalue weighted by atomic mass is 10.1. The van der Waals surface area contributed by atoms with E-state index in [0.29, 0.717) is 21.6 Å². The molecule has 6 nitrogen and oxygen atoms in total. The van der Waals surface area contributed by atoms with E-state index in [1.54, 1.807) is 25.1 Å². The van der Waals surface area contributed by atoms with E-state index in [4.69, 9.17) is 16.0 Å². The fourth-order valence-corrected chi connectivity index (χ4v) is 2.58. The fourth-order valence-electron chi connectivity index (χ4n) is 2.41. The number of rotatable bonds is 3. The molecule has 122 valence electrons. The number of carbonyl (C=O) groups is 2. The van der Waals surface area contributed by atoms with Crippen LogP contribution < -0.4 is 5.32 Å². The van der Waals surface area contributed by atoms with Gasteiger partial charge in [0.15, 0.2) is 5.76 Å². The second-order valence-corrected chi connectivity index (χ2v) is 5.62. The number of anilines is 1. The van der Waals surface area contributed by atoms with E-state index in [-0.39, 0.29) is 22.8 Å². The molecule has 3 rings (SSSR count). The number of aromatic carboxylic acids is 1. The van der Waals surface area contributed by atoms with E-state index in [2.05, 4.69) is 5.32 Å². The molecule has 0 aliphatic carbocycles. The lowest BCUT2D eigenvalue weighted by Gasteiger charge is -2.08. The summed E-state index contributed by atoms with van der Waals surface area (Å²) in [6.45, 7) is 1.71. The molecule has 3 N–H and O–H groups in total. The van der Waals surface area contributed by atoms with Gasteiger partial charge in [-0.3, -0.25) is 4.79 Å². The maximum atomic E-state index is 12.5. The van der Waals surface area contributed by atoms with Crippen molar-refractivity contribution < 1.29 is 24.2 Å². The van der Waals surface area contributed by atoms with Gasteiger partial charge in [-0.05, 0) is 43.3 Å². The second-order valence-electron chi connectivity index (χ2n) is 5.19. The Morgan fingerprint density at radius 1 is 1.17 bits per heavy atom. The molecule has 1 amide bonds. The SMILES string of the molecule is Cc1c(C(=O)Nc2ccc(O)cc2C(=O)O)oc2ccc(Cl)cc12. The lowest BCUT2D eigenvalue weighted by molar-refractivity contribution is 0.0697. The number of carbonyl (C=O) groups excluding carboxylic acids is 1. The number of carboxylic acid groups (broad SMARTS) is 1. The minimum atomic E-state index is -1.27. The van der Waals surface area contributed by atoms with Crippen LogP contribution >= 0.6 is 11.6 Å². The lowest BCUT2D eigenvalue weighted by Crippen LogP contribution is -2.15. The van der Waals surface area contributed by atoms with Gasteiger partial charge in [0.1, 0.15) is 11.3 Å². The molecule has 0 unspecified atom stereocenters. The second kappa shape index (κ2) is 5.90. The third-order valence-electron chi connectivity index (χ3n) is 3.59. The van der Waals surface area contributed by atoms with E-state index < -0.39 is 11.9 Å². The molecule has 3 aromatic rings. The van der Waals surface area contributed by atoms with Gasteiger partial charge < -0.3 is 19.9 Å². The zero-order valence-corrected chi connectivity index (χ0v) is 13.2. The van der Waals surface area contributed by atoms with Crippen molar-refractivity contribution in [3.05, 3.63) is 58.3 Å². The van der Waals surface area contributed by atoms with Crippen LogP contribution in [0.5, 0.6) is 5.75 Å². The Bertz CT molecular complexity index is 977. The predicted molar refractivity (Wildman–Crippen MR) is 89.0 cm³/mol. The van der Waals surface area contributed by atoms with Crippen LogP contribution in [-0.4, -0.2) is 22.1 Å². The molecule has 0 saturated heterocycles. The van der Waals surface area contributed by atoms with E-state index >= 15 is 0 Å². The molecule has 0 aliphatic rings. The van der Waals surface area contributed by atoms with Crippen molar-refractivity contribution in [1.29, 1.82) is 0 Å². The average molecular weight is 346 g/mol. The van der Waals surface area contributed by atoms with Crippen molar-refractivity contribution in [2.24, 2.45) is 0 Å². The zero-order valence-electron chi connectivity index (χ0n) is 12.5. The molecule has 0 fully saturated rings. The summed E-state index contributed by atoms with van der Waals surface area (Å²) < 4.78 is 5.54. The van der Waals surface area contributed by atoms with Crippen molar-refractivity contribution in [2.75, 3.05) is 5.32 Å². The van der Waals surface area contributed by atoms with Crippen LogP contribution in [0.2, 0.25) is 5.02 Å². The number of carboxylic acids is 1. The number of halogens is 1. The van der Waals surface area contributed by atoms with Crippen LogP contribution in [0.1, 0.15) is 26.5 Å². The molecule has 1 aromatic heterocycles. The summed E-state index contributed by atoms with van der Waals surface area (Å²) in [5, 5.41) is 22.3. The maximum absolute atomic E-state index is 12.5. The smallest absolute Gasteiger partial charge is 0.337 e. The molecule has 0 radical (unpaired) electrons. The number of aromatic hydroxyl groups is 1. The van der Waals surface area contributed by atoms with E-state index in [1.807, 2.05) is 0 Å². The van der Waals surface area contributed by atoms with Crippen LogP contribution in [0, 0.1) is 6.92 Å². The molecular formula is C17H12ClNO5. The first-order chi connectivity index (χ1) is 11.4. The van der Waals surface area contributed by atoms with Gasteiger partial charge in [-0.1, -0.05) is 11.6 Å². The highest BCUT2D eigenvalue weighted by atomic mass is 35.5. The highest BCUT2D eigenvalue weighted by molar-refractivity contribution is 6.31. The Kier molecular flexibility index (Phi) is 3.91. The van der Waals surface area contributed by atoms with Crippen LogP contribution in [0.25, 0.3) is 11.0 Å². The molecule has 0 bridgehead atoms. The highest BCUT2D eigenvalue weighted by Gasteiger charge is 2.20. The molecule has 0 atom stereocenters. The molecule has 0 spiro atoms. The number of phenols is 1. The first-order valence-electron chi connectivity index (χ1n) is 6.93. The van der Waals surface area contributed by atoms with Gasteiger partial charge in [0.25, 0.3) is 5.91 Å². The summed E-state index contributed by atoms with van der Waals surface area (Å²) in [5.41, 5.74) is 0.940. The number of nitrogens with one attached hydrogen (secondary N) is 1. The van der Waals surface area contributed by atoms with Crippen LogP contribution in [-0.2, 0) is 0 Å². The molecule has 0 aliphatic heterocycles. The summed E-state index contributed by atoms with van der Waals surface area (Å²) in [4.78, 5) is 23.7. The van der Waals surface area contributed by atoms with E-state index in [9.17, 15) is 19.8 Å². The number of amides is 1. The number of aryl methyl sites for hydroxylation is 1. The summed E-state index contributed by atoms with van der Waals surface area (Å²) in [7, 11) is 0. The number of phenolic OH excluding ortho intramolecular Hbond substituents is 1. The van der Waals surface area contributed by atoms with Gasteiger partial charge in [-0.2, -0.15) is 0 Å². The van der Waals surface area contributed by atoms with Gasteiger partial charge in [0.05, 0.1) is 11.3 Å². The van der Waals surface area contributed by atoms with Gasteiger partial charge in [-0.15, -0.1) is 0 Å². The summed E-state index contributed by atoms with van der Waals surface area (Å²) in [6, 6.07) is 8.65. The third-order valence-corrected chi connectivity index (χ3v) is 3.82. The van der Waals surface area contributed by atoms with Crippen molar-refractivity contribution in [3.8, 4) is 5.75 Å². The predicted octanol–water partition coefficient (Wildman–Crippen LogP) is 4.05. The molecule has 1 heterocycles. The Balaban J connectivity index is 1.99. The fraction of sp³-hybridized carbons (Fsp3) is 0.0588. The number of hydrogen-bond acceptors (Lipinski definition) is 4. The Morgan fingerprint density at radius 2 is 1.92 bits per heavy atom. The first-order valence-corrected chi connectivity index (χ1v) is 7.31.